The van der Waals surface area contributed by atoms with E-state index in [0.717, 1.165) is 25.9 Å². The van der Waals surface area contributed by atoms with Crippen LogP contribution in [0.2, 0.25) is 0 Å². The number of aliphatic hydroxyl groups is 2. The number of amides is 2. The molecule has 0 radical (unpaired) electrons. The Labute approximate surface area is 238 Å². The largest absolute Gasteiger partial charge is 0.490 e. The summed E-state index contributed by atoms with van der Waals surface area (Å²) in [6.45, 7) is 1.93. The van der Waals surface area contributed by atoms with Crippen LogP contribution in [0.3, 0.4) is 0 Å². The Morgan fingerprint density at radius 3 is 2.20 bits per heavy atom. The summed E-state index contributed by atoms with van der Waals surface area (Å²) in [6, 6.07) is 8.77. The molecule has 1 aromatic carbocycles. The van der Waals surface area contributed by atoms with Crippen molar-refractivity contribution in [2.75, 3.05) is 26.2 Å². The normalized spacial score (nSPS) is 23.8. The molecule has 9 nitrogen and oxygen atoms in total. The molecule has 1 aromatic rings. The molecule has 4 rings (SSSR count). The van der Waals surface area contributed by atoms with Crippen LogP contribution < -0.4 is 5.73 Å². The zero-order chi connectivity index (χ0) is 30.2. The number of benzene rings is 1. The Balaban J connectivity index is 0.000000587. The van der Waals surface area contributed by atoms with Gasteiger partial charge in [0.2, 0.25) is 11.8 Å². The number of halogens is 3. The molecule has 41 heavy (non-hydrogen) atoms. The molecule has 230 valence electrons. The quantitative estimate of drug-likeness (QED) is 0.330. The lowest BCUT2D eigenvalue weighted by molar-refractivity contribution is -0.192. The van der Waals surface area contributed by atoms with Gasteiger partial charge in [0.05, 0.1) is 19.1 Å². The number of rotatable bonds is 10. The van der Waals surface area contributed by atoms with Crippen LogP contribution in [0.15, 0.2) is 24.3 Å². The number of piperidine rings is 1. The fraction of sp³-hybridized carbons (Fsp3) is 0.690. The summed E-state index contributed by atoms with van der Waals surface area (Å²) in [7, 11) is 0. The molecule has 1 saturated carbocycles. The maximum Gasteiger partial charge on any atom is 0.490 e. The lowest BCUT2D eigenvalue weighted by Crippen LogP contribution is -2.48. The zero-order valence-electron chi connectivity index (χ0n) is 23.3. The van der Waals surface area contributed by atoms with Crippen LogP contribution in [0.25, 0.3) is 0 Å². The first-order valence-corrected chi connectivity index (χ1v) is 14.4. The summed E-state index contributed by atoms with van der Waals surface area (Å²) in [5, 5.41) is 26.2. The topological polar surface area (TPSA) is 144 Å². The summed E-state index contributed by atoms with van der Waals surface area (Å²) in [6.07, 6.45) is 4.53. The first kappa shape index (κ1) is 32.8. The molecule has 2 saturated heterocycles. The van der Waals surface area contributed by atoms with Gasteiger partial charge < -0.3 is 26.0 Å². The Bertz CT molecular complexity index is 1020. The number of aliphatic carboxylic acids is 1. The van der Waals surface area contributed by atoms with Crippen molar-refractivity contribution in [1.82, 2.24) is 9.80 Å². The van der Waals surface area contributed by atoms with Gasteiger partial charge >= 0.3 is 12.1 Å². The Hall–Kier alpha value is -2.70. The second kappa shape index (κ2) is 15.0. The average molecular weight is 586 g/mol. The average Bonchev–Trinajstić information content (AvgIpc) is 3.17. The van der Waals surface area contributed by atoms with Crippen LogP contribution in [0.1, 0.15) is 86.0 Å². The molecule has 0 aromatic heterocycles. The standard InChI is InChI=1S/C27H41N3O4.C2HF3O2/c28-27(34)21-8-4-7-20(13-21)22-14-23-9-10-24(15-22)30(23)12-11-29(26(33)16-25(32)18-31)17-19-5-2-1-3-6-19;3-2(4,5)1(6)7/h4,7-8,13,19,22-25,31-32H,1-3,5-6,9-12,14-18H2,(H2,28,34);(H,6,7)/t22?,23-,24+,25-;/m0./s1. The lowest BCUT2D eigenvalue weighted by atomic mass is 9.84. The number of carbonyl (C=O) groups is 3. The van der Waals surface area contributed by atoms with Gasteiger partial charge in [-0.3, -0.25) is 14.5 Å². The van der Waals surface area contributed by atoms with Gasteiger partial charge in [0.15, 0.2) is 0 Å². The zero-order valence-corrected chi connectivity index (χ0v) is 23.3. The molecule has 0 spiro atoms. The van der Waals surface area contributed by atoms with Crippen LogP contribution in [0, 0.1) is 5.92 Å². The monoisotopic (exact) mass is 585 g/mol. The van der Waals surface area contributed by atoms with E-state index in [1.54, 1.807) is 6.07 Å². The fourth-order valence-corrected chi connectivity index (χ4v) is 6.49. The first-order chi connectivity index (χ1) is 19.4. The number of carboxylic acids is 1. The Morgan fingerprint density at radius 2 is 1.66 bits per heavy atom. The highest BCUT2D eigenvalue weighted by Crippen LogP contribution is 2.43. The summed E-state index contributed by atoms with van der Waals surface area (Å²) in [4.78, 5) is 38.0. The van der Waals surface area contributed by atoms with Gasteiger partial charge in [-0.15, -0.1) is 0 Å². The Kier molecular flexibility index (Phi) is 12.0. The molecule has 5 N–H and O–H groups in total. The van der Waals surface area contributed by atoms with E-state index in [0.29, 0.717) is 36.0 Å². The number of aliphatic hydroxyl groups excluding tert-OH is 2. The molecule has 2 aliphatic heterocycles. The van der Waals surface area contributed by atoms with Gasteiger partial charge in [0.1, 0.15) is 0 Å². The number of fused-ring (bicyclic) bond motifs is 2. The van der Waals surface area contributed by atoms with Crippen molar-refractivity contribution in [2.45, 2.75) is 94.5 Å². The number of hydrogen-bond donors (Lipinski definition) is 4. The minimum Gasteiger partial charge on any atom is -0.475 e. The first-order valence-electron chi connectivity index (χ1n) is 14.4. The summed E-state index contributed by atoms with van der Waals surface area (Å²) in [5.41, 5.74) is 7.28. The van der Waals surface area contributed by atoms with Crippen LogP contribution in [0.5, 0.6) is 0 Å². The molecule has 4 atom stereocenters. The highest BCUT2D eigenvalue weighted by atomic mass is 19.4. The fourth-order valence-electron chi connectivity index (χ4n) is 6.49. The van der Waals surface area contributed by atoms with E-state index < -0.39 is 18.2 Å². The van der Waals surface area contributed by atoms with E-state index in [4.69, 9.17) is 15.6 Å². The molecule has 12 heteroatoms. The maximum atomic E-state index is 13.0. The summed E-state index contributed by atoms with van der Waals surface area (Å²) in [5.74, 6) is -2.20. The predicted octanol–water partition coefficient (Wildman–Crippen LogP) is 3.28. The van der Waals surface area contributed by atoms with Crippen LogP contribution in [-0.4, -0.2) is 93.5 Å². The molecule has 1 aliphatic carbocycles. The van der Waals surface area contributed by atoms with Crippen molar-refractivity contribution in [1.29, 1.82) is 0 Å². The van der Waals surface area contributed by atoms with Gasteiger partial charge in [-0.2, -0.15) is 13.2 Å². The van der Waals surface area contributed by atoms with Gasteiger partial charge in [-0.05, 0) is 68.1 Å². The van der Waals surface area contributed by atoms with E-state index in [1.165, 1.54) is 50.5 Å². The third-order valence-corrected chi connectivity index (χ3v) is 8.57. The second-order valence-corrected chi connectivity index (χ2v) is 11.5. The minimum atomic E-state index is -5.08. The number of nitrogens with zero attached hydrogens (tertiary/aromatic N) is 2. The smallest absolute Gasteiger partial charge is 0.475 e. The summed E-state index contributed by atoms with van der Waals surface area (Å²) >= 11 is 0. The molecule has 1 unspecified atom stereocenters. The number of alkyl halides is 3. The minimum absolute atomic E-state index is 0.00560. The molecule has 2 amide bonds. The van der Waals surface area contributed by atoms with Gasteiger partial charge in [0.25, 0.3) is 0 Å². The van der Waals surface area contributed by atoms with E-state index in [1.807, 2.05) is 17.0 Å². The van der Waals surface area contributed by atoms with Gasteiger partial charge in [-0.25, -0.2) is 4.79 Å². The molecular weight excluding hydrogens is 543 g/mol. The van der Waals surface area contributed by atoms with Gasteiger partial charge in [0, 0.05) is 37.3 Å². The van der Waals surface area contributed by atoms with Crippen molar-refractivity contribution < 1.29 is 42.9 Å². The highest BCUT2D eigenvalue weighted by molar-refractivity contribution is 5.92. The molecule has 3 fully saturated rings. The number of primary amides is 1. The third kappa shape index (κ3) is 9.68. The van der Waals surface area contributed by atoms with Crippen molar-refractivity contribution in [3.63, 3.8) is 0 Å². The van der Waals surface area contributed by atoms with Crippen LogP contribution in [0.4, 0.5) is 13.2 Å². The molecule has 2 bridgehead atoms. The lowest BCUT2D eigenvalue weighted by Gasteiger charge is -2.40. The number of carboxylic acid groups (broad SMARTS) is 1. The van der Waals surface area contributed by atoms with E-state index in [2.05, 4.69) is 11.0 Å². The van der Waals surface area contributed by atoms with Crippen molar-refractivity contribution in [3.05, 3.63) is 35.4 Å². The maximum absolute atomic E-state index is 13.0. The SMILES string of the molecule is NC(=O)c1cccc(C2C[C@H]3CC[C@@H](C2)N3CCN(CC2CCCCC2)C(=O)C[C@H](O)CO)c1.O=C(O)C(F)(F)F. The van der Waals surface area contributed by atoms with Crippen LogP contribution >= 0.6 is 0 Å². The number of carbonyl (C=O) groups excluding carboxylic acids is 2. The van der Waals surface area contributed by atoms with E-state index >= 15 is 0 Å². The Morgan fingerprint density at radius 1 is 1.05 bits per heavy atom. The third-order valence-electron chi connectivity index (χ3n) is 8.57. The molecule has 3 aliphatic rings. The molecule has 2 heterocycles. The van der Waals surface area contributed by atoms with Crippen molar-refractivity contribution >= 4 is 17.8 Å². The van der Waals surface area contributed by atoms with Crippen molar-refractivity contribution in [3.8, 4) is 0 Å². The predicted molar refractivity (Wildman–Crippen MR) is 145 cm³/mol. The molecular formula is C29H42F3N3O6. The number of nitrogens with two attached hydrogens (primary N) is 1. The van der Waals surface area contributed by atoms with E-state index in [-0.39, 0.29) is 24.8 Å². The van der Waals surface area contributed by atoms with Crippen LogP contribution in [-0.2, 0) is 9.59 Å². The second-order valence-electron chi connectivity index (χ2n) is 11.5. The number of hydrogen-bond acceptors (Lipinski definition) is 6. The van der Waals surface area contributed by atoms with Crippen molar-refractivity contribution in [2.24, 2.45) is 11.7 Å². The van der Waals surface area contributed by atoms with Gasteiger partial charge in [-0.1, -0.05) is 31.4 Å². The van der Waals surface area contributed by atoms with E-state index in [9.17, 15) is 33.0 Å². The summed E-state index contributed by atoms with van der Waals surface area (Å²) < 4.78 is 31.7. The highest BCUT2D eigenvalue weighted by Gasteiger charge is 2.41.